The quantitative estimate of drug-likeness (QED) is 0.0564. The van der Waals surface area contributed by atoms with E-state index in [1.165, 1.54) is 4.57 Å². The van der Waals surface area contributed by atoms with Crippen LogP contribution in [0.15, 0.2) is 95.9 Å². The monoisotopic (exact) mass is 1020 g/mol. The van der Waals surface area contributed by atoms with Crippen molar-refractivity contribution in [2.24, 2.45) is 7.05 Å². The highest BCUT2D eigenvalue weighted by Crippen LogP contribution is 2.32. The standard InChI is InChI=1S/C59H68N8O8/c1-38-44(15-13-17-46(38)62-53(70)41-22-25-43(26-23-41)59(2,3)4)48-37-64(5)57(74)47(61-48)36-39-18-20-42(21-19-39)55(72)66-34-32-65(33-35-66)31-11-9-7-6-8-10-30-60-50(68)28-24-40-14-12-16-45-52(40)58(75)67(56(45)73)49-27-29-51(69)63-54(49)71/h12-23,25-26,37,49H,6-11,24,27-36H2,1-5H3,(H,60,68)(H,62,70)(H,63,69,71). The van der Waals surface area contributed by atoms with E-state index in [-0.39, 0.29) is 65.5 Å². The van der Waals surface area contributed by atoms with Crippen molar-refractivity contribution in [1.29, 1.82) is 0 Å². The topological polar surface area (TPSA) is 200 Å². The van der Waals surface area contributed by atoms with Gasteiger partial charge in [-0.3, -0.25) is 53.5 Å². The molecule has 7 amide bonds. The summed E-state index contributed by atoms with van der Waals surface area (Å²) in [5.41, 5.74) is 7.27. The molecule has 75 heavy (non-hydrogen) atoms. The van der Waals surface area contributed by atoms with Crippen LogP contribution >= 0.6 is 0 Å². The molecule has 5 aromatic rings. The van der Waals surface area contributed by atoms with Crippen LogP contribution in [-0.2, 0) is 39.7 Å². The number of carbonyl (C=O) groups excluding carboxylic acids is 7. The molecule has 3 aliphatic rings. The first kappa shape index (κ1) is 53.7. The molecule has 3 aliphatic heterocycles. The predicted molar refractivity (Wildman–Crippen MR) is 286 cm³/mol. The summed E-state index contributed by atoms with van der Waals surface area (Å²) < 4.78 is 1.54. The maximum Gasteiger partial charge on any atom is 0.272 e. The number of anilines is 1. The van der Waals surface area contributed by atoms with E-state index in [1.54, 1.807) is 31.4 Å². The molecule has 392 valence electrons. The molecule has 1 aromatic heterocycles. The SMILES string of the molecule is Cc1c(NC(=O)c2ccc(C(C)(C)C)cc2)cccc1-c1cn(C)c(=O)c(Cc2ccc(C(=O)N3CCN(CCCCCCCCNC(=O)CCc4cccc5c4C(=O)N(C4CCC(=O)NC4=O)C5=O)CC3)cc2)n1. The number of nitrogens with one attached hydrogen (secondary N) is 3. The zero-order chi connectivity index (χ0) is 53.4. The molecular formula is C59H68N8O8. The first-order chi connectivity index (χ1) is 36.0. The Labute approximate surface area is 438 Å². The van der Waals surface area contributed by atoms with Gasteiger partial charge in [-0.1, -0.05) is 95.0 Å². The van der Waals surface area contributed by atoms with Gasteiger partial charge in [0, 0.05) is 87.6 Å². The molecule has 8 rings (SSSR count). The second kappa shape index (κ2) is 23.7. The Kier molecular flexibility index (Phi) is 17.0. The van der Waals surface area contributed by atoms with E-state index in [0.29, 0.717) is 59.8 Å². The number of imide groups is 2. The number of hydrogen-bond donors (Lipinski definition) is 3. The van der Waals surface area contributed by atoms with Crippen molar-refractivity contribution in [3.8, 4) is 11.3 Å². The molecule has 0 aliphatic carbocycles. The van der Waals surface area contributed by atoms with E-state index in [2.05, 4.69) is 41.6 Å². The minimum atomic E-state index is -1.04. The lowest BCUT2D eigenvalue weighted by atomic mass is 9.86. The van der Waals surface area contributed by atoms with Crippen LogP contribution in [0.2, 0.25) is 0 Å². The van der Waals surface area contributed by atoms with Crippen LogP contribution in [0, 0.1) is 6.92 Å². The van der Waals surface area contributed by atoms with Crippen molar-refractivity contribution < 1.29 is 33.6 Å². The molecule has 0 radical (unpaired) electrons. The van der Waals surface area contributed by atoms with Gasteiger partial charge in [-0.05, 0) is 103 Å². The molecule has 0 spiro atoms. The van der Waals surface area contributed by atoms with Crippen molar-refractivity contribution in [3.63, 3.8) is 0 Å². The van der Waals surface area contributed by atoms with Crippen LogP contribution in [0.1, 0.15) is 148 Å². The van der Waals surface area contributed by atoms with E-state index >= 15 is 0 Å². The van der Waals surface area contributed by atoms with Crippen molar-refractivity contribution >= 4 is 47.0 Å². The van der Waals surface area contributed by atoms with E-state index < -0.39 is 29.7 Å². The Balaban J connectivity index is 0.713. The number of aromatic nitrogens is 2. The molecule has 3 N–H and O–H groups in total. The van der Waals surface area contributed by atoms with Gasteiger partial charge in [-0.25, -0.2) is 4.98 Å². The molecule has 16 nitrogen and oxygen atoms in total. The van der Waals surface area contributed by atoms with E-state index in [4.69, 9.17) is 4.98 Å². The van der Waals surface area contributed by atoms with Crippen LogP contribution < -0.4 is 21.5 Å². The molecular weight excluding hydrogens is 949 g/mol. The number of piperazine rings is 1. The molecule has 4 heterocycles. The summed E-state index contributed by atoms with van der Waals surface area (Å²) in [5, 5.41) is 8.23. The summed E-state index contributed by atoms with van der Waals surface area (Å²) in [4.78, 5) is 113. The maximum atomic E-state index is 13.5. The third kappa shape index (κ3) is 12.9. The van der Waals surface area contributed by atoms with E-state index in [1.807, 2.05) is 78.6 Å². The highest BCUT2D eigenvalue weighted by molar-refractivity contribution is 6.24. The highest BCUT2D eigenvalue weighted by Gasteiger charge is 2.45. The van der Waals surface area contributed by atoms with Crippen LogP contribution in [0.4, 0.5) is 5.69 Å². The minimum Gasteiger partial charge on any atom is -0.356 e. The first-order valence-electron chi connectivity index (χ1n) is 26.3. The third-order valence-electron chi connectivity index (χ3n) is 14.6. The minimum absolute atomic E-state index is 0.00794. The second-order valence-electron chi connectivity index (χ2n) is 21.0. The number of aryl methyl sites for hydroxylation is 2. The number of nitrogens with zero attached hydrogens (tertiary/aromatic N) is 5. The third-order valence-corrected chi connectivity index (χ3v) is 14.6. The lowest BCUT2D eigenvalue weighted by Gasteiger charge is -2.34. The largest absolute Gasteiger partial charge is 0.356 e. The van der Waals surface area contributed by atoms with Gasteiger partial charge in [-0.15, -0.1) is 0 Å². The molecule has 16 heteroatoms. The Morgan fingerprint density at radius 3 is 2.13 bits per heavy atom. The second-order valence-corrected chi connectivity index (χ2v) is 21.0. The summed E-state index contributed by atoms with van der Waals surface area (Å²) in [7, 11) is 1.71. The Hall–Kier alpha value is -7.59. The molecule has 0 bridgehead atoms. The summed E-state index contributed by atoms with van der Waals surface area (Å²) in [5.74, 6) is -2.57. The Morgan fingerprint density at radius 2 is 1.43 bits per heavy atom. The zero-order valence-electron chi connectivity index (χ0n) is 43.8. The lowest BCUT2D eigenvalue weighted by Crippen LogP contribution is -2.54. The van der Waals surface area contributed by atoms with Crippen LogP contribution in [0.3, 0.4) is 0 Å². The van der Waals surface area contributed by atoms with Gasteiger partial charge < -0.3 is 20.1 Å². The van der Waals surface area contributed by atoms with Crippen molar-refractivity contribution in [3.05, 3.63) is 152 Å². The first-order valence-corrected chi connectivity index (χ1v) is 26.3. The van der Waals surface area contributed by atoms with Gasteiger partial charge in [0.15, 0.2) is 0 Å². The average Bonchev–Trinajstić information content (AvgIpc) is 3.65. The number of piperidine rings is 1. The predicted octanol–water partition coefficient (Wildman–Crippen LogP) is 7.14. The van der Waals surface area contributed by atoms with Gasteiger partial charge in [-0.2, -0.15) is 0 Å². The number of rotatable bonds is 19. The van der Waals surface area contributed by atoms with Crippen molar-refractivity contribution in [2.75, 3.05) is 44.6 Å². The summed E-state index contributed by atoms with van der Waals surface area (Å²) in [6.45, 7) is 12.8. The summed E-state index contributed by atoms with van der Waals surface area (Å²) in [6, 6.07) is 24.7. The van der Waals surface area contributed by atoms with E-state index in [9.17, 15) is 38.4 Å². The number of hydrogen-bond acceptors (Lipinski definition) is 10. The van der Waals surface area contributed by atoms with Gasteiger partial charge in [0.25, 0.3) is 29.2 Å². The normalized spacial score (nSPS) is 16.0. The average molecular weight is 1020 g/mol. The summed E-state index contributed by atoms with van der Waals surface area (Å²) >= 11 is 0. The van der Waals surface area contributed by atoms with Crippen LogP contribution in [0.5, 0.6) is 0 Å². The lowest BCUT2D eigenvalue weighted by molar-refractivity contribution is -0.136. The molecule has 2 saturated heterocycles. The molecule has 2 fully saturated rings. The van der Waals surface area contributed by atoms with Crippen LogP contribution in [-0.4, -0.2) is 111 Å². The van der Waals surface area contributed by atoms with Crippen LogP contribution in [0.25, 0.3) is 11.3 Å². The zero-order valence-corrected chi connectivity index (χ0v) is 43.8. The molecule has 0 saturated carbocycles. The summed E-state index contributed by atoms with van der Waals surface area (Å²) in [6.07, 6.45) is 8.77. The van der Waals surface area contributed by atoms with E-state index in [0.717, 1.165) is 85.3 Å². The van der Waals surface area contributed by atoms with Crippen molar-refractivity contribution in [1.82, 2.24) is 34.9 Å². The fourth-order valence-electron chi connectivity index (χ4n) is 10.1. The number of carbonyl (C=O) groups is 7. The Morgan fingerprint density at radius 1 is 0.760 bits per heavy atom. The fourth-order valence-corrected chi connectivity index (χ4v) is 10.1. The van der Waals surface area contributed by atoms with Gasteiger partial charge in [0.2, 0.25) is 17.7 Å². The molecule has 1 unspecified atom stereocenters. The highest BCUT2D eigenvalue weighted by atomic mass is 16.2. The number of unbranched alkanes of at least 4 members (excludes halogenated alkanes) is 5. The smallest absolute Gasteiger partial charge is 0.272 e. The number of fused-ring (bicyclic) bond motifs is 1. The van der Waals surface area contributed by atoms with Crippen molar-refractivity contribution in [2.45, 2.75) is 110 Å². The number of benzene rings is 4. The maximum absolute atomic E-state index is 13.5. The van der Waals surface area contributed by atoms with Gasteiger partial charge in [0.05, 0.1) is 16.8 Å². The fraction of sp³-hybridized carbons (Fsp3) is 0.407. The Bertz CT molecular complexity index is 3040. The molecule has 1 atom stereocenters. The van der Waals surface area contributed by atoms with Gasteiger partial charge >= 0.3 is 0 Å². The van der Waals surface area contributed by atoms with Gasteiger partial charge in [0.1, 0.15) is 11.7 Å². The number of amides is 7. The molecule has 4 aromatic carbocycles.